The molecule has 0 radical (unpaired) electrons. The van der Waals surface area contributed by atoms with Crippen LogP contribution in [0.5, 0.6) is 5.75 Å². The van der Waals surface area contributed by atoms with Gasteiger partial charge in [0.25, 0.3) is 5.91 Å². The number of hydrogen-bond donors (Lipinski definition) is 1. The lowest BCUT2D eigenvalue weighted by molar-refractivity contribution is -0.148. The van der Waals surface area contributed by atoms with Crippen LogP contribution in [0.2, 0.25) is 0 Å². The largest absolute Gasteiger partial charge is 0.491 e. The molecule has 5 nitrogen and oxygen atoms in total. The van der Waals surface area contributed by atoms with Gasteiger partial charge in [0, 0.05) is 18.9 Å². The molecule has 0 saturated heterocycles. The van der Waals surface area contributed by atoms with Crippen LogP contribution in [0.25, 0.3) is 0 Å². The number of ether oxygens (including phenoxy) is 3. The van der Waals surface area contributed by atoms with Crippen LogP contribution in [0.4, 0.5) is 5.69 Å². The van der Waals surface area contributed by atoms with Gasteiger partial charge in [-0.15, -0.1) is 0 Å². The van der Waals surface area contributed by atoms with Gasteiger partial charge in [0.05, 0.1) is 6.61 Å². The molecule has 0 spiro atoms. The highest BCUT2D eigenvalue weighted by atomic mass is 16.5. The third kappa shape index (κ3) is 5.99. The summed E-state index contributed by atoms with van der Waals surface area (Å²) in [6.45, 7) is 8.63. The number of rotatable bonds is 10. The quantitative estimate of drug-likeness (QED) is 0.625. The van der Waals surface area contributed by atoms with E-state index >= 15 is 0 Å². The summed E-state index contributed by atoms with van der Waals surface area (Å²) >= 11 is 0. The van der Waals surface area contributed by atoms with Gasteiger partial charge < -0.3 is 19.5 Å². The molecular weight excluding hydrogens is 330 g/mol. The van der Waals surface area contributed by atoms with Crippen LogP contribution in [0, 0.1) is 5.92 Å². The molecule has 146 valence electrons. The number of anilines is 1. The summed E-state index contributed by atoms with van der Waals surface area (Å²) in [4.78, 5) is 13.0. The Morgan fingerprint density at radius 3 is 2.62 bits per heavy atom. The molecule has 1 N–H and O–H groups in total. The second-order valence-corrected chi connectivity index (χ2v) is 7.07. The highest BCUT2D eigenvalue weighted by Crippen LogP contribution is 2.36. The number of carbonyl (C=O) groups excluding carboxylic acids is 1. The van der Waals surface area contributed by atoms with Crippen molar-refractivity contribution in [3.63, 3.8) is 0 Å². The Balaban J connectivity index is 1.95. The molecule has 1 aromatic rings. The van der Waals surface area contributed by atoms with Crippen molar-refractivity contribution in [1.29, 1.82) is 0 Å². The summed E-state index contributed by atoms with van der Waals surface area (Å²) in [6.07, 6.45) is 4.69. The molecule has 1 aromatic carbocycles. The first kappa shape index (κ1) is 20.7. The monoisotopic (exact) mass is 363 g/mol. The second kappa shape index (κ2) is 10.5. The molecule has 2 unspecified atom stereocenters. The van der Waals surface area contributed by atoms with Crippen molar-refractivity contribution in [2.45, 2.75) is 58.5 Å². The van der Waals surface area contributed by atoms with Crippen LogP contribution >= 0.6 is 0 Å². The van der Waals surface area contributed by atoms with Gasteiger partial charge in [-0.3, -0.25) is 4.79 Å². The number of benzene rings is 1. The highest BCUT2D eigenvalue weighted by molar-refractivity contribution is 5.97. The molecule has 1 amide bonds. The van der Waals surface area contributed by atoms with E-state index in [4.69, 9.17) is 14.2 Å². The van der Waals surface area contributed by atoms with E-state index in [1.165, 1.54) is 0 Å². The topological polar surface area (TPSA) is 56.8 Å². The van der Waals surface area contributed by atoms with E-state index in [0.29, 0.717) is 32.3 Å². The molecule has 1 saturated carbocycles. The van der Waals surface area contributed by atoms with Crippen LogP contribution in [0.15, 0.2) is 24.3 Å². The predicted octanol–water partition coefficient (Wildman–Crippen LogP) is 4.42. The Morgan fingerprint density at radius 1 is 1.19 bits per heavy atom. The molecule has 0 heterocycles. The van der Waals surface area contributed by atoms with E-state index in [0.717, 1.165) is 43.5 Å². The zero-order valence-electron chi connectivity index (χ0n) is 16.4. The van der Waals surface area contributed by atoms with Crippen molar-refractivity contribution >= 4 is 11.6 Å². The van der Waals surface area contributed by atoms with Gasteiger partial charge in [0.15, 0.2) is 0 Å². The normalized spacial score (nSPS) is 22.8. The SMILES string of the molecule is CCCOC1(C(=O)Nc2ccc(OCCOCC)cc2)CCCC(C)C1. The Kier molecular flexibility index (Phi) is 8.39. The maximum atomic E-state index is 13.0. The summed E-state index contributed by atoms with van der Waals surface area (Å²) in [5.41, 5.74) is 0.0743. The van der Waals surface area contributed by atoms with Crippen molar-refractivity contribution < 1.29 is 19.0 Å². The highest BCUT2D eigenvalue weighted by Gasteiger charge is 2.42. The van der Waals surface area contributed by atoms with E-state index in [-0.39, 0.29) is 5.91 Å². The zero-order valence-corrected chi connectivity index (χ0v) is 16.4. The molecule has 1 aliphatic rings. The molecule has 26 heavy (non-hydrogen) atoms. The van der Waals surface area contributed by atoms with Crippen molar-refractivity contribution in [1.82, 2.24) is 0 Å². The van der Waals surface area contributed by atoms with E-state index in [1.54, 1.807) is 0 Å². The van der Waals surface area contributed by atoms with Gasteiger partial charge in [-0.05, 0) is 62.8 Å². The van der Waals surface area contributed by atoms with E-state index in [9.17, 15) is 4.79 Å². The van der Waals surface area contributed by atoms with E-state index < -0.39 is 5.60 Å². The summed E-state index contributed by atoms with van der Waals surface area (Å²) in [6, 6.07) is 7.47. The van der Waals surface area contributed by atoms with Crippen molar-refractivity contribution in [2.75, 3.05) is 31.7 Å². The predicted molar refractivity (Wildman–Crippen MR) is 104 cm³/mol. The molecule has 2 atom stereocenters. The molecule has 0 aromatic heterocycles. The van der Waals surface area contributed by atoms with E-state index in [1.807, 2.05) is 31.2 Å². The number of carbonyl (C=O) groups is 1. The van der Waals surface area contributed by atoms with Gasteiger partial charge in [-0.1, -0.05) is 20.3 Å². The van der Waals surface area contributed by atoms with Gasteiger partial charge in [0.2, 0.25) is 0 Å². The first-order valence-electron chi connectivity index (χ1n) is 9.85. The second-order valence-electron chi connectivity index (χ2n) is 7.07. The lowest BCUT2D eigenvalue weighted by atomic mass is 9.78. The standard InChI is InChI=1S/C21H33NO4/c1-4-13-26-21(12-6-7-17(3)16-21)20(23)22-18-8-10-19(11-9-18)25-15-14-24-5-2/h8-11,17H,4-7,12-16H2,1-3H3,(H,22,23). The average Bonchev–Trinajstić information content (AvgIpc) is 2.65. The van der Waals surface area contributed by atoms with Crippen molar-refractivity contribution in [3.8, 4) is 5.75 Å². The van der Waals surface area contributed by atoms with Crippen LogP contribution in [0.3, 0.4) is 0 Å². The Hall–Kier alpha value is -1.59. The average molecular weight is 363 g/mol. The first-order valence-corrected chi connectivity index (χ1v) is 9.85. The maximum Gasteiger partial charge on any atom is 0.256 e. The minimum absolute atomic E-state index is 0.0254. The van der Waals surface area contributed by atoms with Crippen LogP contribution < -0.4 is 10.1 Å². The van der Waals surface area contributed by atoms with E-state index in [2.05, 4.69) is 19.2 Å². The number of hydrogen-bond acceptors (Lipinski definition) is 4. The van der Waals surface area contributed by atoms with Crippen molar-refractivity contribution in [3.05, 3.63) is 24.3 Å². The molecular formula is C21H33NO4. The van der Waals surface area contributed by atoms with Gasteiger partial charge >= 0.3 is 0 Å². The fourth-order valence-corrected chi connectivity index (χ4v) is 3.45. The molecule has 0 aliphatic heterocycles. The third-order valence-corrected chi connectivity index (χ3v) is 4.76. The molecule has 0 bridgehead atoms. The third-order valence-electron chi connectivity index (χ3n) is 4.76. The Bertz CT molecular complexity index is 545. The molecule has 1 fully saturated rings. The zero-order chi connectivity index (χ0) is 18.8. The van der Waals surface area contributed by atoms with Crippen LogP contribution in [-0.4, -0.2) is 37.9 Å². The van der Waals surface area contributed by atoms with Crippen LogP contribution in [-0.2, 0) is 14.3 Å². The summed E-state index contributed by atoms with van der Waals surface area (Å²) < 4.78 is 16.9. The van der Waals surface area contributed by atoms with Gasteiger partial charge in [-0.25, -0.2) is 0 Å². The number of amides is 1. The van der Waals surface area contributed by atoms with Gasteiger partial charge in [0.1, 0.15) is 18.0 Å². The lowest BCUT2D eigenvalue weighted by Gasteiger charge is -2.38. The summed E-state index contributed by atoms with van der Waals surface area (Å²) in [5, 5.41) is 3.04. The molecule has 5 heteroatoms. The van der Waals surface area contributed by atoms with Gasteiger partial charge in [-0.2, -0.15) is 0 Å². The number of nitrogens with one attached hydrogen (secondary N) is 1. The molecule has 2 rings (SSSR count). The Labute approximate surface area is 157 Å². The fraction of sp³-hybridized carbons (Fsp3) is 0.667. The lowest BCUT2D eigenvalue weighted by Crippen LogP contribution is -2.48. The minimum Gasteiger partial charge on any atom is -0.491 e. The Morgan fingerprint density at radius 2 is 1.96 bits per heavy atom. The smallest absolute Gasteiger partial charge is 0.256 e. The first-order chi connectivity index (χ1) is 12.6. The maximum absolute atomic E-state index is 13.0. The fourth-order valence-electron chi connectivity index (χ4n) is 3.45. The minimum atomic E-state index is -0.694. The van der Waals surface area contributed by atoms with Crippen molar-refractivity contribution in [2.24, 2.45) is 5.92 Å². The summed E-state index contributed by atoms with van der Waals surface area (Å²) in [7, 11) is 0. The van der Waals surface area contributed by atoms with Crippen LogP contribution in [0.1, 0.15) is 52.9 Å². The molecule has 1 aliphatic carbocycles. The summed E-state index contributed by atoms with van der Waals surface area (Å²) in [5.74, 6) is 1.25.